The minimum Gasteiger partial charge on any atom is -0.373 e. The molecule has 0 aromatic carbocycles. The van der Waals surface area contributed by atoms with Crippen LogP contribution in [0.3, 0.4) is 0 Å². The molecule has 0 aliphatic carbocycles. The Bertz CT molecular complexity index is 453. The maximum atomic E-state index is 11.8. The first-order chi connectivity index (χ1) is 10.3. The molecule has 4 heteroatoms. The Kier molecular flexibility index (Phi) is 7.52. The van der Waals surface area contributed by atoms with Gasteiger partial charge in [0.2, 0.25) is 5.91 Å². The summed E-state index contributed by atoms with van der Waals surface area (Å²) in [5.74, 6) is 0.0248. The van der Waals surface area contributed by atoms with Gasteiger partial charge in [0.15, 0.2) is 5.78 Å². The van der Waals surface area contributed by atoms with Crippen molar-refractivity contribution in [3.8, 4) is 0 Å². The predicted molar refractivity (Wildman–Crippen MR) is 88.5 cm³/mol. The van der Waals surface area contributed by atoms with Crippen LogP contribution in [0.4, 0.5) is 0 Å². The van der Waals surface area contributed by atoms with E-state index in [0.29, 0.717) is 5.92 Å². The molecule has 4 nitrogen and oxygen atoms in total. The standard InChI is InChI=1S/C18H29NO3/c1-6-12(2)7-9-17-13(3)11-16(15(5)22-17)19-18(21)10-8-14(4)20/h7-8,10,13,15-17H,6,9,11H2,1-5H3,(H,19,21)/b10-8-,12-7+/t13-,15+,16?,17-/m0/s1. The van der Waals surface area contributed by atoms with Gasteiger partial charge in [-0.05, 0) is 52.0 Å². The Morgan fingerprint density at radius 3 is 2.50 bits per heavy atom. The van der Waals surface area contributed by atoms with Gasteiger partial charge in [0.1, 0.15) is 0 Å². The molecule has 0 spiro atoms. The van der Waals surface area contributed by atoms with Gasteiger partial charge in [0, 0.05) is 6.08 Å². The summed E-state index contributed by atoms with van der Waals surface area (Å²) in [7, 11) is 0. The zero-order valence-electron chi connectivity index (χ0n) is 14.4. The normalized spacial score (nSPS) is 29.6. The van der Waals surface area contributed by atoms with Crippen molar-refractivity contribution in [2.24, 2.45) is 5.92 Å². The number of ether oxygens (including phenoxy) is 1. The number of nitrogens with one attached hydrogen (secondary N) is 1. The topological polar surface area (TPSA) is 55.4 Å². The molecule has 124 valence electrons. The van der Waals surface area contributed by atoms with E-state index in [0.717, 1.165) is 19.3 Å². The number of amides is 1. The lowest BCUT2D eigenvalue weighted by atomic mass is 9.88. The first-order valence-electron chi connectivity index (χ1n) is 8.13. The molecule has 1 amide bonds. The van der Waals surface area contributed by atoms with Crippen LogP contribution in [0.25, 0.3) is 0 Å². The summed E-state index contributed by atoms with van der Waals surface area (Å²) in [6.07, 6.45) is 7.90. The highest BCUT2D eigenvalue weighted by Crippen LogP contribution is 2.28. The number of carbonyl (C=O) groups excluding carboxylic acids is 2. The van der Waals surface area contributed by atoms with Gasteiger partial charge >= 0.3 is 0 Å². The summed E-state index contributed by atoms with van der Waals surface area (Å²) < 4.78 is 6.08. The Hall–Kier alpha value is -1.42. The first kappa shape index (κ1) is 18.6. The monoisotopic (exact) mass is 307 g/mol. The van der Waals surface area contributed by atoms with Crippen molar-refractivity contribution < 1.29 is 14.3 Å². The average Bonchev–Trinajstić information content (AvgIpc) is 2.46. The van der Waals surface area contributed by atoms with Crippen LogP contribution in [0.15, 0.2) is 23.8 Å². The van der Waals surface area contributed by atoms with E-state index in [4.69, 9.17) is 4.74 Å². The van der Waals surface area contributed by atoms with Crippen LogP contribution < -0.4 is 5.32 Å². The molecule has 0 aromatic rings. The minimum atomic E-state index is -0.233. The maximum Gasteiger partial charge on any atom is 0.244 e. The van der Waals surface area contributed by atoms with Crippen molar-refractivity contribution >= 4 is 11.7 Å². The van der Waals surface area contributed by atoms with Crippen molar-refractivity contribution in [1.29, 1.82) is 0 Å². The maximum absolute atomic E-state index is 11.8. The molecule has 1 N–H and O–H groups in total. The molecule has 1 heterocycles. The Labute approximate surface area is 134 Å². The van der Waals surface area contributed by atoms with Crippen molar-refractivity contribution in [1.82, 2.24) is 5.32 Å². The molecule has 1 aliphatic heterocycles. The SMILES string of the molecule is CC/C(C)=C/C[C@@H]1O[C@H](C)C(NC(=O)/C=C\C(C)=O)C[C@@H]1C. The highest BCUT2D eigenvalue weighted by atomic mass is 16.5. The first-order valence-corrected chi connectivity index (χ1v) is 8.13. The summed E-state index contributed by atoms with van der Waals surface area (Å²) in [6.45, 7) is 9.88. The molecule has 0 aromatic heterocycles. The van der Waals surface area contributed by atoms with E-state index in [1.165, 1.54) is 24.6 Å². The smallest absolute Gasteiger partial charge is 0.244 e. The van der Waals surface area contributed by atoms with Gasteiger partial charge in [-0.15, -0.1) is 0 Å². The van der Waals surface area contributed by atoms with Crippen LogP contribution in [-0.4, -0.2) is 29.9 Å². The number of hydrogen-bond donors (Lipinski definition) is 1. The number of carbonyl (C=O) groups is 2. The molecule has 0 bridgehead atoms. The van der Waals surface area contributed by atoms with Gasteiger partial charge in [-0.1, -0.05) is 25.5 Å². The third-order valence-electron chi connectivity index (χ3n) is 4.27. The summed E-state index contributed by atoms with van der Waals surface area (Å²) in [4.78, 5) is 22.6. The van der Waals surface area contributed by atoms with Gasteiger partial charge in [-0.25, -0.2) is 0 Å². The van der Waals surface area contributed by atoms with E-state index in [1.54, 1.807) is 0 Å². The molecule has 1 rings (SSSR count). The summed E-state index contributed by atoms with van der Waals surface area (Å²) >= 11 is 0. The summed E-state index contributed by atoms with van der Waals surface area (Å²) in [5.41, 5.74) is 1.38. The van der Waals surface area contributed by atoms with Crippen molar-refractivity contribution in [2.45, 2.75) is 72.1 Å². The van der Waals surface area contributed by atoms with Crippen LogP contribution in [0, 0.1) is 5.92 Å². The summed E-state index contributed by atoms with van der Waals surface area (Å²) in [6, 6.07) is -0.00777. The van der Waals surface area contributed by atoms with E-state index in [9.17, 15) is 9.59 Å². The number of hydrogen-bond acceptors (Lipinski definition) is 3. The fourth-order valence-electron chi connectivity index (χ4n) is 2.60. The van der Waals surface area contributed by atoms with Gasteiger partial charge < -0.3 is 10.1 Å². The van der Waals surface area contributed by atoms with Crippen molar-refractivity contribution in [3.05, 3.63) is 23.8 Å². The number of allylic oxidation sites excluding steroid dienone is 2. The van der Waals surface area contributed by atoms with Crippen molar-refractivity contribution in [2.75, 3.05) is 0 Å². The Morgan fingerprint density at radius 1 is 1.23 bits per heavy atom. The highest BCUT2D eigenvalue weighted by molar-refractivity contribution is 5.96. The lowest BCUT2D eigenvalue weighted by Crippen LogP contribution is -2.50. The van der Waals surface area contributed by atoms with E-state index in [-0.39, 0.29) is 29.9 Å². The lowest BCUT2D eigenvalue weighted by molar-refractivity contribution is -0.124. The Morgan fingerprint density at radius 2 is 1.91 bits per heavy atom. The number of rotatable bonds is 6. The average molecular weight is 307 g/mol. The third-order valence-corrected chi connectivity index (χ3v) is 4.27. The third kappa shape index (κ3) is 6.14. The second kappa shape index (κ2) is 8.89. The fraction of sp³-hybridized carbons (Fsp3) is 0.667. The zero-order valence-corrected chi connectivity index (χ0v) is 14.4. The van der Waals surface area contributed by atoms with Crippen LogP contribution in [0.5, 0.6) is 0 Å². The van der Waals surface area contributed by atoms with E-state index in [2.05, 4.69) is 32.2 Å². The highest BCUT2D eigenvalue weighted by Gasteiger charge is 2.33. The molecule has 0 saturated carbocycles. The molecule has 0 radical (unpaired) electrons. The molecule has 4 atom stereocenters. The van der Waals surface area contributed by atoms with E-state index < -0.39 is 0 Å². The number of ketones is 1. The summed E-state index contributed by atoms with van der Waals surface area (Å²) in [5, 5.41) is 2.93. The van der Waals surface area contributed by atoms with E-state index in [1.807, 2.05) is 6.92 Å². The molecule has 1 unspecified atom stereocenters. The molecular weight excluding hydrogens is 278 g/mol. The van der Waals surface area contributed by atoms with Gasteiger partial charge in [-0.3, -0.25) is 9.59 Å². The van der Waals surface area contributed by atoms with Gasteiger partial charge in [0.05, 0.1) is 18.2 Å². The quantitative estimate of drug-likeness (QED) is 0.606. The second-order valence-electron chi connectivity index (χ2n) is 6.29. The second-order valence-corrected chi connectivity index (χ2v) is 6.29. The van der Waals surface area contributed by atoms with Crippen molar-refractivity contribution in [3.63, 3.8) is 0 Å². The lowest BCUT2D eigenvalue weighted by Gasteiger charge is -2.39. The molecule has 1 saturated heterocycles. The molecule has 22 heavy (non-hydrogen) atoms. The minimum absolute atomic E-state index is 0.00777. The Balaban J connectivity index is 2.55. The fourth-order valence-corrected chi connectivity index (χ4v) is 2.60. The van der Waals surface area contributed by atoms with Gasteiger partial charge in [0.25, 0.3) is 0 Å². The van der Waals surface area contributed by atoms with E-state index >= 15 is 0 Å². The van der Waals surface area contributed by atoms with Gasteiger partial charge in [-0.2, -0.15) is 0 Å². The molecule has 1 aliphatic rings. The molecule has 1 fully saturated rings. The van der Waals surface area contributed by atoms with Crippen LogP contribution in [0.1, 0.15) is 53.9 Å². The van der Waals surface area contributed by atoms with Crippen LogP contribution in [0.2, 0.25) is 0 Å². The van der Waals surface area contributed by atoms with Crippen LogP contribution in [-0.2, 0) is 14.3 Å². The molecular formula is C18H29NO3. The largest absolute Gasteiger partial charge is 0.373 e. The zero-order chi connectivity index (χ0) is 16.7. The van der Waals surface area contributed by atoms with Crippen LogP contribution >= 0.6 is 0 Å². The predicted octanol–water partition coefficient (Wildman–Crippen LogP) is 3.18.